The first kappa shape index (κ1) is 15.3. The molecule has 0 heterocycles. The Morgan fingerprint density at radius 3 is 2.55 bits per heavy atom. The van der Waals surface area contributed by atoms with Gasteiger partial charge in [0.1, 0.15) is 5.78 Å². The summed E-state index contributed by atoms with van der Waals surface area (Å²) in [7, 11) is 0. The predicted octanol–water partition coefficient (Wildman–Crippen LogP) is 5.64. The molecule has 0 aliphatic heterocycles. The Morgan fingerprint density at radius 2 is 1.86 bits per heavy atom. The minimum atomic E-state index is 0.275. The molecule has 0 fully saturated rings. The van der Waals surface area contributed by atoms with Crippen molar-refractivity contribution in [2.75, 3.05) is 0 Å². The molecule has 22 heavy (non-hydrogen) atoms. The van der Waals surface area contributed by atoms with E-state index in [0.717, 1.165) is 23.4 Å². The molecule has 2 aromatic rings. The third-order valence-electron chi connectivity index (χ3n) is 4.75. The van der Waals surface area contributed by atoms with Gasteiger partial charge in [0.25, 0.3) is 0 Å². The zero-order chi connectivity index (χ0) is 15.7. The number of rotatable bonds is 3. The van der Waals surface area contributed by atoms with E-state index in [1.165, 1.54) is 16.7 Å². The van der Waals surface area contributed by atoms with Crippen molar-refractivity contribution < 1.29 is 4.79 Å². The average Bonchev–Trinajstić information content (AvgIpc) is 2.50. The molecule has 1 nitrogen and oxygen atoms in total. The molecule has 2 heteroatoms. The summed E-state index contributed by atoms with van der Waals surface area (Å²) in [5.41, 5.74) is 5.10. The van der Waals surface area contributed by atoms with Crippen LogP contribution in [0, 0.1) is 6.92 Å². The summed E-state index contributed by atoms with van der Waals surface area (Å²) < 4.78 is 0. The van der Waals surface area contributed by atoms with Crippen LogP contribution in [0.4, 0.5) is 0 Å². The fourth-order valence-electron chi connectivity index (χ4n) is 3.61. The fourth-order valence-corrected chi connectivity index (χ4v) is 3.80. The maximum atomic E-state index is 11.5. The van der Waals surface area contributed by atoms with Crippen LogP contribution in [0.5, 0.6) is 0 Å². The largest absolute Gasteiger partial charge is 0.300 e. The van der Waals surface area contributed by atoms with Crippen LogP contribution >= 0.6 is 11.6 Å². The Balaban J connectivity index is 2.00. The highest BCUT2D eigenvalue weighted by molar-refractivity contribution is 6.31. The van der Waals surface area contributed by atoms with E-state index in [2.05, 4.69) is 42.5 Å². The van der Waals surface area contributed by atoms with Crippen molar-refractivity contribution in [3.05, 3.63) is 69.7 Å². The van der Waals surface area contributed by atoms with Crippen LogP contribution in [0.15, 0.2) is 42.5 Å². The minimum Gasteiger partial charge on any atom is -0.300 e. The molecule has 0 saturated carbocycles. The molecule has 3 rings (SSSR count). The van der Waals surface area contributed by atoms with Gasteiger partial charge in [-0.1, -0.05) is 48.0 Å². The van der Waals surface area contributed by atoms with Crippen molar-refractivity contribution in [3.8, 4) is 0 Å². The normalized spacial score (nSPS) is 20.5. The Labute approximate surface area is 137 Å². The molecule has 0 saturated heterocycles. The zero-order valence-corrected chi connectivity index (χ0v) is 13.9. The van der Waals surface area contributed by atoms with Crippen LogP contribution in [0.2, 0.25) is 5.02 Å². The lowest BCUT2D eigenvalue weighted by molar-refractivity contribution is -0.117. The van der Waals surface area contributed by atoms with Crippen molar-refractivity contribution in [2.45, 2.75) is 44.9 Å². The Hall–Kier alpha value is -1.60. The van der Waals surface area contributed by atoms with Gasteiger partial charge >= 0.3 is 0 Å². The number of fused-ring (bicyclic) bond motifs is 1. The van der Waals surface area contributed by atoms with Crippen LogP contribution in [0.3, 0.4) is 0 Å². The first-order valence-electron chi connectivity index (χ1n) is 7.90. The first-order chi connectivity index (χ1) is 10.6. The monoisotopic (exact) mass is 312 g/mol. The van der Waals surface area contributed by atoms with Crippen LogP contribution in [0.25, 0.3) is 0 Å². The van der Waals surface area contributed by atoms with E-state index < -0.39 is 0 Å². The SMILES string of the molecule is CC(=O)C[C@@H]1CCC(c2ccc(C)c(Cl)c2)c2ccccc21. The summed E-state index contributed by atoms with van der Waals surface area (Å²) in [6.07, 6.45) is 2.79. The number of hydrogen-bond acceptors (Lipinski definition) is 1. The van der Waals surface area contributed by atoms with E-state index >= 15 is 0 Å². The number of Topliss-reactive ketones (excluding diaryl/α,β-unsaturated/α-hetero) is 1. The van der Waals surface area contributed by atoms with Crippen LogP contribution in [0.1, 0.15) is 60.3 Å². The van der Waals surface area contributed by atoms with Gasteiger partial charge in [0.15, 0.2) is 0 Å². The molecule has 0 spiro atoms. The lowest BCUT2D eigenvalue weighted by atomic mass is 9.72. The van der Waals surface area contributed by atoms with E-state index in [4.69, 9.17) is 11.6 Å². The van der Waals surface area contributed by atoms with E-state index in [1.54, 1.807) is 6.92 Å². The van der Waals surface area contributed by atoms with Gasteiger partial charge < -0.3 is 4.79 Å². The van der Waals surface area contributed by atoms with Crippen LogP contribution in [-0.2, 0) is 4.79 Å². The van der Waals surface area contributed by atoms with E-state index in [9.17, 15) is 4.79 Å². The third kappa shape index (κ3) is 2.96. The molecule has 0 amide bonds. The Kier molecular flexibility index (Phi) is 4.35. The van der Waals surface area contributed by atoms with Gasteiger partial charge in [-0.25, -0.2) is 0 Å². The topological polar surface area (TPSA) is 17.1 Å². The summed E-state index contributed by atoms with van der Waals surface area (Å²) in [5, 5.41) is 0.834. The lowest BCUT2D eigenvalue weighted by Gasteiger charge is -2.31. The number of halogens is 1. The van der Waals surface area contributed by atoms with Gasteiger partial charge in [-0.3, -0.25) is 0 Å². The maximum Gasteiger partial charge on any atom is 0.130 e. The molecule has 2 atom stereocenters. The maximum absolute atomic E-state index is 11.5. The van der Waals surface area contributed by atoms with Gasteiger partial charge in [0.05, 0.1) is 0 Å². The summed E-state index contributed by atoms with van der Waals surface area (Å²) in [5.74, 6) is 1.03. The lowest BCUT2D eigenvalue weighted by Crippen LogP contribution is -2.17. The average molecular weight is 313 g/mol. The molecule has 1 unspecified atom stereocenters. The predicted molar refractivity (Wildman–Crippen MR) is 91.7 cm³/mol. The zero-order valence-electron chi connectivity index (χ0n) is 13.1. The quantitative estimate of drug-likeness (QED) is 0.717. The van der Waals surface area contributed by atoms with Gasteiger partial charge in [0.2, 0.25) is 0 Å². The van der Waals surface area contributed by atoms with Crippen LogP contribution in [-0.4, -0.2) is 5.78 Å². The Bertz CT molecular complexity index is 705. The second-order valence-corrected chi connectivity index (χ2v) is 6.78. The fraction of sp³-hybridized carbons (Fsp3) is 0.350. The van der Waals surface area contributed by atoms with Crippen LogP contribution < -0.4 is 0 Å². The number of carbonyl (C=O) groups is 1. The molecule has 0 bridgehead atoms. The second kappa shape index (κ2) is 6.26. The first-order valence-corrected chi connectivity index (χ1v) is 8.28. The molecule has 1 aliphatic rings. The summed E-state index contributed by atoms with van der Waals surface area (Å²) in [4.78, 5) is 11.5. The number of benzene rings is 2. The molecule has 0 N–H and O–H groups in total. The van der Waals surface area contributed by atoms with Crippen molar-refractivity contribution in [3.63, 3.8) is 0 Å². The smallest absolute Gasteiger partial charge is 0.130 e. The van der Waals surface area contributed by atoms with Gasteiger partial charge in [-0.05, 0) is 60.9 Å². The number of hydrogen-bond donors (Lipinski definition) is 0. The van der Waals surface area contributed by atoms with E-state index in [1.807, 2.05) is 6.92 Å². The number of ketones is 1. The van der Waals surface area contributed by atoms with Crippen molar-refractivity contribution >= 4 is 17.4 Å². The molecule has 0 aromatic heterocycles. The van der Waals surface area contributed by atoms with Crippen molar-refractivity contribution in [2.24, 2.45) is 0 Å². The Morgan fingerprint density at radius 1 is 1.14 bits per heavy atom. The highest BCUT2D eigenvalue weighted by atomic mass is 35.5. The second-order valence-electron chi connectivity index (χ2n) is 6.37. The van der Waals surface area contributed by atoms with E-state index in [0.29, 0.717) is 18.3 Å². The van der Waals surface area contributed by atoms with Crippen molar-refractivity contribution in [1.82, 2.24) is 0 Å². The summed E-state index contributed by atoms with van der Waals surface area (Å²) in [6, 6.07) is 15.0. The van der Waals surface area contributed by atoms with E-state index in [-0.39, 0.29) is 5.78 Å². The van der Waals surface area contributed by atoms with Gasteiger partial charge in [-0.15, -0.1) is 0 Å². The summed E-state index contributed by atoms with van der Waals surface area (Å²) in [6.45, 7) is 3.72. The number of carbonyl (C=O) groups excluding carboxylic acids is 1. The molecular formula is C20H21ClO. The standard InChI is InChI=1S/C20H21ClO/c1-13-7-8-16(12-20(13)21)18-10-9-15(11-14(2)22)17-5-3-4-6-19(17)18/h3-8,12,15,18H,9-11H2,1-2H3/t15-,18?/m0/s1. The summed E-state index contributed by atoms with van der Waals surface area (Å²) >= 11 is 6.31. The molecular weight excluding hydrogens is 292 g/mol. The molecule has 114 valence electrons. The highest BCUT2D eigenvalue weighted by Crippen LogP contribution is 2.44. The minimum absolute atomic E-state index is 0.275. The molecule has 2 aromatic carbocycles. The molecule has 0 radical (unpaired) electrons. The molecule has 1 aliphatic carbocycles. The van der Waals surface area contributed by atoms with Crippen molar-refractivity contribution in [1.29, 1.82) is 0 Å². The number of aryl methyl sites for hydroxylation is 1. The third-order valence-corrected chi connectivity index (χ3v) is 5.15. The van der Waals surface area contributed by atoms with Gasteiger partial charge in [0, 0.05) is 17.4 Å². The van der Waals surface area contributed by atoms with Gasteiger partial charge in [-0.2, -0.15) is 0 Å². The highest BCUT2D eigenvalue weighted by Gasteiger charge is 2.28.